The molecule has 1 amide bonds. The number of likely N-dealkylation sites (tertiary alicyclic amines) is 1. The zero-order valence-electron chi connectivity index (χ0n) is 18.6. The van der Waals surface area contributed by atoms with Gasteiger partial charge in [0.15, 0.2) is 11.5 Å². The van der Waals surface area contributed by atoms with Crippen LogP contribution in [0, 0.1) is 0 Å². The summed E-state index contributed by atoms with van der Waals surface area (Å²) in [5, 5.41) is 12.9. The summed E-state index contributed by atoms with van der Waals surface area (Å²) in [6.07, 6.45) is -4.55. The van der Waals surface area contributed by atoms with Crippen molar-refractivity contribution in [2.75, 3.05) is 14.2 Å². The number of Topliss-reactive ketones (excluding diaryl/α,β-unsaturated/α-hetero) is 1. The first-order chi connectivity index (χ1) is 16.7. The van der Waals surface area contributed by atoms with Gasteiger partial charge in [-0.1, -0.05) is 18.2 Å². The van der Waals surface area contributed by atoms with Crippen molar-refractivity contribution in [2.45, 2.75) is 18.8 Å². The zero-order chi connectivity index (χ0) is 25.3. The van der Waals surface area contributed by atoms with Gasteiger partial charge in [-0.05, 0) is 47.3 Å². The fraction of sp³-hybridized carbons (Fsp3) is 0.200. The summed E-state index contributed by atoms with van der Waals surface area (Å²) >= 11 is 1.26. The Morgan fingerprint density at radius 2 is 1.77 bits per heavy atom. The molecule has 2 aromatic carbocycles. The predicted octanol–water partition coefficient (Wildman–Crippen LogP) is 5.41. The van der Waals surface area contributed by atoms with Gasteiger partial charge in [-0.2, -0.15) is 13.2 Å². The van der Waals surface area contributed by atoms with Crippen LogP contribution < -0.4 is 9.47 Å². The minimum absolute atomic E-state index is 0.156. The number of carbonyl (C=O) groups excluding carboxylic acids is 2. The molecule has 0 radical (unpaired) electrons. The molecular formula is C25H20F3NO5S. The highest BCUT2D eigenvalue weighted by atomic mass is 32.1. The minimum Gasteiger partial charge on any atom is -0.507 e. The van der Waals surface area contributed by atoms with E-state index in [0.717, 1.165) is 12.1 Å². The Balaban J connectivity index is 1.81. The van der Waals surface area contributed by atoms with Gasteiger partial charge < -0.3 is 19.5 Å². The minimum atomic E-state index is -4.55. The van der Waals surface area contributed by atoms with E-state index in [-0.39, 0.29) is 23.2 Å². The molecule has 0 spiro atoms. The second-order valence-corrected chi connectivity index (χ2v) is 8.69. The van der Waals surface area contributed by atoms with Gasteiger partial charge in [0, 0.05) is 17.0 Å². The summed E-state index contributed by atoms with van der Waals surface area (Å²) < 4.78 is 50.1. The summed E-state index contributed by atoms with van der Waals surface area (Å²) in [6.45, 7) is -0.250. The van der Waals surface area contributed by atoms with E-state index in [1.807, 2.05) is 0 Å². The molecule has 1 atom stereocenters. The summed E-state index contributed by atoms with van der Waals surface area (Å²) in [6, 6.07) is 11.6. The Bertz CT molecular complexity index is 1300. The maximum absolute atomic E-state index is 13.2. The number of thiophene rings is 1. The number of benzene rings is 2. The van der Waals surface area contributed by atoms with Gasteiger partial charge in [0.05, 0.1) is 31.4 Å². The third-order valence-corrected chi connectivity index (χ3v) is 6.54. The molecule has 0 bridgehead atoms. The van der Waals surface area contributed by atoms with Gasteiger partial charge in [0.25, 0.3) is 11.7 Å². The normalized spacial score (nSPS) is 17.6. The van der Waals surface area contributed by atoms with Crippen LogP contribution in [0.4, 0.5) is 13.2 Å². The first-order valence-corrected chi connectivity index (χ1v) is 11.2. The van der Waals surface area contributed by atoms with Crippen molar-refractivity contribution in [2.24, 2.45) is 0 Å². The number of nitrogens with zero attached hydrogens (tertiary/aromatic N) is 1. The molecule has 35 heavy (non-hydrogen) atoms. The van der Waals surface area contributed by atoms with Crippen LogP contribution >= 0.6 is 11.3 Å². The molecule has 6 nitrogen and oxygen atoms in total. The average molecular weight is 503 g/mol. The smallest absolute Gasteiger partial charge is 0.416 e. The van der Waals surface area contributed by atoms with Gasteiger partial charge in [-0.15, -0.1) is 11.3 Å². The van der Waals surface area contributed by atoms with Gasteiger partial charge in [0.2, 0.25) is 0 Å². The first kappa shape index (κ1) is 24.3. The van der Waals surface area contributed by atoms with E-state index in [1.54, 1.807) is 23.6 Å². The lowest BCUT2D eigenvalue weighted by Gasteiger charge is -2.24. The molecule has 1 fully saturated rings. The molecular weight excluding hydrogens is 483 g/mol. The van der Waals surface area contributed by atoms with Crippen molar-refractivity contribution in [1.82, 2.24) is 4.90 Å². The third kappa shape index (κ3) is 4.61. The lowest BCUT2D eigenvalue weighted by atomic mass is 9.99. The number of aliphatic hydroxyl groups excluding tert-OH is 1. The Kier molecular flexibility index (Phi) is 6.58. The standard InChI is InChI=1S/C25H20F3NO5S/c1-33-17-9-8-15(12-18(17)34-2)22(30)20-21(19-7-4-10-35-19)29(24(32)23(20)31)13-14-5-3-6-16(11-14)25(26,27)28/h3-12,21,30H,13H2,1-2H3/b22-20-. The number of alkyl halides is 3. The van der Waals surface area contributed by atoms with Crippen LogP contribution in [-0.2, 0) is 22.3 Å². The fourth-order valence-electron chi connectivity index (χ4n) is 3.97. The Hall–Kier alpha value is -3.79. The molecule has 3 aromatic rings. The molecule has 0 aliphatic carbocycles. The number of aliphatic hydroxyl groups is 1. The number of rotatable bonds is 6. The molecule has 1 saturated heterocycles. The van der Waals surface area contributed by atoms with Crippen LogP contribution in [0.2, 0.25) is 0 Å². The van der Waals surface area contributed by atoms with Gasteiger partial charge >= 0.3 is 6.18 Å². The largest absolute Gasteiger partial charge is 0.507 e. The molecule has 182 valence electrons. The van der Waals surface area contributed by atoms with Crippen LogP contribution in [0.25, 0.3) is 5.76 Å². The predicted molar refractivity (Wildman–Crippen MR) is 123 cm³/mol. The number of amides is 1. The maximum Gasteiger partial charge on any atom is 0.416 e. The number of hydrogen-bond donors (Lipinski definition) is 1. The molecule has 1 N–H and O–H groups in total. The molecule has 1 aliphatic rings. The van der Waals surface area contributed by atoms with Crippen molar-refractivity contribution < 1.29 is 37.3 Å². The zero-order valence-corrected chi connectivity index (χ0v) is 19.4. The Labute approximate surface area is 202 Å². The van der Waals surface area contributed by atoms with Crippen LogP contribution in [0.15, 0.2) is 65.6 Å². The van der Waals surface area contributed by atoms with Gasteiger partial charge in [-0.3, -0.25) is 9.59 Å². The van der Waals surface area contributed by atoms with Crippen molar-refractivity contribution in [1.29, 1.82) is 0 Å². The van der Waals surface area contributed by atoms with Crippen LogP contribution in [-0.4, -0.2) is 35.9 Å². The van der Waals surface area contributed by atoms with E-state index in [1.165, 1.54) is 54.7 Å². The van der Waals surface area contributed by atoms with Crippen LogP contribution in [0.1, 0.15) is 27.6 Å². The highest BCUT2D eigenvalue weighted by Crippen LogP contribution is 2.43. The van der Waals surface area contributed by atoms with E-state index in [0.29, 0.717) is 16.4 Å². The number of ether oxygens (including phenoxy) is 2. The van der Waals surface area contributed by atoms with E-state index < -0.39 is 35.2 Å². The lowest BCUT2D eigenvalue weighted by molar-refractivity contribution is -0.140. The van der Waals surface area contributed by atoms with Crippen molar-refractivity contribution in [3.05, 3.63) is 87.1 Å². The molecule has 1 unspecified atom stereocenters. The van der Waals surface area contributed by atoms with E-state index in [4.69, 9.17) is 9.47 Å². The van der Waals surface area contributed by atoms with Gasteiger partial charge in [-0.25, -0.2) is 0 Å². The second kappa shape index (κ2) is 9.46. The van der Waals surface area contributed by atoms with Crippen LogP contribution in [0.5, 0.6) is 11.5 Å². The van der Waals surface area contributed by atoms with Crippen LogP contribution in [0.3, 0.4) is 0 Å². The molecule has 4 rings (SSSR count). The third-order valence-electron chi connectivity index (χ3n) is 5.62. The molecule has 1 aromatic heterocycles. The summed E-state index contributed by atoms with van der Waals surface area (Å²) in [4.78, 5) is 27.9. The Morgan fingerprint density at radius 3 is 2.40 bits per heavy atom. The van der Waals surface area contributed by atoms with E-state index >= 15 is 0 Å². The van der Waals surface area contributed by atoms with Crippen molar-refractivity contribution >= 4 is 28.8 Å². The van der Waals surface area contributed by atoms with Crippen molar-refractivity contribution in [3.63, 3.8) is 0 Å². The van der Waals surface area contributed by atoms with E-state index in [2.05, 4.69) is 0 Å². The first-order valence-electron chi connectivity index (χ1n) is 10.4. The topological polar surface area (TPSA) is 76.1 Å². The number of carbonyl (C=O) groups is 2. The number of halogens is 3. The highest BCUT2D eigenvalue weighted by molar-refractivity contribution is 7.10. The van der Waals surface area contributed by atoms with E-state index in [9.17, 15) is 27.9 Å². The second-order valence-electron chi connectivity index (χ2n) is 7.71. The average Bonchev–Trinajstić information content (AvgIpc) is 3.45. The molecule has 1 aliphatic heterocycles. The highest BCUT2D eigenvalue weighted by Gasteiger charge is 2.46. The monoisotopic (exact) mass is 503 g/mol. The lowest BCUT2D eigenvalue weighted by Crippen LogP contribution is -2.29. The Morgan fingerprint density at radius 1 is 1.03 bits per heavy atom. The van der Waals surface area contributed by atoms with Gasteiger partial charge in [0.1, 0.15) is 5.76 Å². The number of ketones is 1. The number of hydrogen-bond acceptors (Lipinski definition) is 6. The SMILES string of the molecule is COc1ccc(/C(O)=C2/C(=O)C(=O)N(Cc3cccc(C(F)(F)F)c3)C2c2cccs2)cc1OC. The summed E-state index contributed by atoms with van der Waals surface area (Å²) in [5.74, 6) is -1.55. The maximum atomic E-state index is 13.2. The van der Waals surface area contributed by atoms with Crippen molar-refractivity contribution in [3.8, 4) is 11.5 Å². The fourth-order valence-corrected chi connectivity index (χ4v) is 4.81. The molecule has 10 heteroatoms. The molecule has 2 heterocycles. The summed E-state index contributed by atoms with van der Waals surface area (Å²) in [5.41, 5.74) is -0.586. The number of methoxy groups -OCH3 is 2. The quantitative estimate of drug-likeness (QED) is 0.277. The molecule has 0 saturated carbocycles. The summed E-state index contributed by atoms with van der Waals surface area (Å²) in [7, 11) is 2.87.